The van der Waals surface area contributed by atoms with E-state index >= 15 is 0 Å². The zero-order valence-electron chi connectivity index (χ0n) is 15.1. The molecule has 2 heterocycles. The second kappa shape index (κ2) is 7.26. The first-order chi connectivity index (χ1) is 13.5. The Hall–Kier alpha value is -3.48. The van der Waals surface area contributed by atoms with Gasteiger partial charge in [0.05, 0.1) is 18.8 Å². The number of aromatic amines is 1. The van der Waals surface area contributed by atoms with Crippen molar-refractivity contribution >= 4 is 16.8 Å². The van der Waals surface area contributed by atoms with E-state index in [0.717, 1.165) is 17.2 Å². The SMILES string of the molecule is CC(NC(=O)c1cc2c(F)c(F)ccc2[nH]1)c1cnn(Cc2ccccc2)c1. The van der Waals surface area contributed by atoms with E-state index in [1.165, 1.54) is 12.1 Å². The number of fused-ring (bicyclic) bond motifs is 1. The molecule has 0 radical (unpaired) electrons. The van der Waals surface area contributed by atoms with Gasteiger partial charge in [-0.05, 0) is 30.7 Å². The Morgan fingerprint density at radius 2 is 2.00 bits per heavy atom. The summed E-state index contributed by atoms with van der Waals surface area (Å²) in [4.78, 5) is 15.3. The Morgan fingerprint density at radius 1 is 1.21 bits per heavy atom. The fraction of sp³-hybridized carbons (Fsp3) is 0.143. The number of aromatic nitrogens is 3. The monoisotopic (exact) mass is 380 g/mol. The molecule has 0 fully saturated rings. The normalized spacial score (nSPS) is 12.2. The second-order valence-corrected chi connectivity index (χ2v) is 6.66. The molecule has 0 spiro atoms. The van der Waals surface area contributed by atoms with Crippen LogP contribution in [0.5, 0.6) is 0 Å². The van der Waals surface area contributed by atoms with Crippen LogP contribution in [-0.2, 0) is 6.54 Å². The van der Waals surface area contributed by atoms with E-state index in [1.807, 2.05) is 43.5 Å². The molecule has 142 valence electrons. The largest absolute Gasteiger partial charge is 0.350 e. The van der Waals surface area contributed by atoms with Gasteiger partial charge in [0.1, 0.15) is 5.69 Å². The van der Waals surface area contributed by atoms with Crippen LogP contribution in [0, 0.1) is 11.6 Å². The van der Waals surface area contributed by atoms with Crippen molar-refractivity contribution in [2.24, 2.45) is 0 Å². The van der Waals surface area contributed by atoms with E-state index in [9.17, 15) is 13.6 Å². The average Bonchev–Trinajstić information content (AvgIpc) is 3.33. The van der Waals surface area contributed by atoms with Gasteiger partial charge >= 0.3 is 0 Å². The lowest BCUT2D eigenvalue weighted by molar-refractivity contribution is 0.0935. The topological polar surface area (TPSA) is 62.7 Å². The smallest absolute Gasteiger partial charge is 0.268 e. The number of hydrogen-bond acceptors (Lipinski definition) is 2. The number of H-pyrrole nitrogens is 1. The second-order valence-electron chi connectivity index (χ2n) is 6.66. The highest BCUT2D eigenvalue weighted by Gasteiger charge is 2.17. The summed E-state index contributed by atoms with van der Waals surface area (Å²) < 4.78 is 29.0. The molecule has 2 N–H and O–H groups in total. The van der Waals surface area contributed by atoms with Gasteiger partial charge in [0.15, 0.2) is 11.6 Å². The van der Waals surface area contributed by atoms with E-state index in [4.69, 9.17) is 0 Å². The summed E-state index contributed by atoms with van der Waals surface area (Å²) >= 11 is 0. The van der Waals surface area contributed by atoms with Gasteiger partial charge in [-0.25, -0.2) is 8.78 Å². The van der Waals surface area contributed by atoms with Crippen LogP contribution < -0.4 is 5.32 Å². The van der Waals surface area contributed by atoms with E-state index in [1.54, 1.807) is 10.9 Å². The van der Waals surface area contributed by atoms with E-state index in [0.29, 0.717) is 12.1 Å². The lowest BCUT2D eigenvalue weighted by Crippen LogP contribution is -2.26. The fourth-order valence-electron chi connectivity index (χ4n) is 3.08. The maximum absolute atomic E-state index is 13.8. The van der Waals surface area contributed by atoms with Crippen molar-refractivity contribution in [2.45, 2.75) is 19.5 Å². The lowest BCUT2D eigenvalue weighted by atomic mass is 10.2. The molecule has 2 aromatic carbocycles. The van der Waals surface area contributed by atoms with Crippen LogP contribution in [0.25, 0.3) is 10.9 Å². The fourth-order valence-corrected chi connectivity index (χ4v) is 3.08. The highest BCUT2D eigenvalue weighted by Crippen LogP contribution is 2.22. The number of carbonyl (C=O) groups is 1. The van der Waals surface area contributed by atoms with E-state index in [-0.39, 0.29) is 17.1 Å². The van der Waals surface area contributed by atoms with Crippen molar-refractivity contribution in [3.05, 3.63) is 89.4 Å². The van der Waals surface area contributed by atoms with Crippen LogP contribution in [0.4, 0.5) is 8.78 Å². The number of halogens is 2. The first-order valence-electron chi connectivity index (χ1n) is 8.85. The molecule has 7 heteroatoms. The Kier molecular flexibility index (Phi) is 4.65. The molecule has 0 saturated heterocycles. The molecule has 0 aliphatic heterocycles. The number of nitrogens with zero attached hydrogens (tertiary/aromatic N) is 2. The lowest BCUT2D eigenvalue weighted by Gasteiger charge is -2.11. The Labute approximate surface area is 160 Å². The molecule has 1 unspecified atom stereocenters. The molecular weight excluding hydrogens is 362 g/mol. The summed E-state index contributed by atoms with van der Waals surface area (Å²) in [6.07, 6.45) is 3.58. The van der Waals surface area contributed by atoms with Gasteiger partial charge in [0.25, 0.3) is 5.91 Å². The maximum atomic E-state index is 13.8. The highest BCUT2D eigenvalue weighted by atomic mass is 19.2. The van der Waals surface area contributed by atoms with Crippen LogP contribution in [-0.4, -0.2) is 20.7 Å². The van der Waals surface area contributed by atoms with Crippen molar-refractivity contribution < 1.29 is 13.6 Å². The van der Waals surface area contributed by atoms with Crippen LogP contribution in [0.1, 0.15) is 34.6 Å². The third-order valence-corrected chi connectivity index (χ3v) is 4.62. The summed E-state index contributed by atoms with van der Waals surface area (Å²) in [5, 5.41) is 7.23. The van der Waals surface area contributed by atoms with E-state index in [2.05, 4.69) is 15.4 Å². The van der Waals surface area contributed by atoms with E-state index < -0.39 is 17.5 Å². The van der Waals surface area contributed by atoms with Gasteiger partial charge in [-0.3, -0.25) is 9.48 Å². The van der Waals surface area contributed by atoms with Gasteiger partial charge in [0.2, 0.25) is 0 Å². The Morgan fingerprint density at radius 3 is 2.79 bits per heavy atom. The minimum Gasteiger partial charge on any atom is -0.350 e. The van der Waals surface area contributed by atoms with Crippen LogP contribution >= 0.6 is 0 Å². The molecule has 28 heavy (non-hydrogen) atoms. The van der Waals surface area contributed by atoms with Crippen molar-refractivity contribution in [2.75, 3.05) is 0 Å². The molecule has 5 nitrogen and oxygen atoms in total. The van der Waals surface area contributed by atoms with Crippen molar-refractivity contribution in [3.8, 4) is 0 Å². The van der Waals surface area contributed by atoms with Crippen LogP contribution in [0.2, 0.25) is 0 Å². The molecule has 0 saturated carbocycles. The number of hydrogen-bond donors (Lipinski definition) is 2. The van der Waals surface area contributed by atoms with Gasteiger partial charge in [0, 0.05) is 22.7 Å². The minimum absolute atomic E-state index is 0.0495. The van der Waals surface area contributed by atoms with Crippen molar-refractivity contribution in [1.29, 1.82) is 0 Å². The zero-order valence-corrected chi connectivity index (χ0v) is 15.1. The van der Waals surface area contributed by atoms with Gasteiger partial charge in [-0.15, -0.1) is 0 Å². The Bertz CT molecular complexity index is 1130. The van der Waals surface area contributed by atoms with Crippen LogP contribution in [0.3, 0.4) is 0 Å². The molecule has 0 aliphatic carbocycles. The summed E-state index contributed by atoms with van der Waals surface area (Å²) in [5.41, 5.74) is 2.51. The number of rotatable bonds is 5. The van der Waals surface area contributed by atoms with Gasteiger partial charge in [-0.2, -0.15) is 5.10 Å². The minimum atomic E-state index is -0.969. The first-order valence-corrected chi connectivity index (χ1v) is 8.85. The molecule has 0 bridgehead atoms. The van der Waals surface area contributed by atoms with Gasteiger partial charge < -0.3 is 10.3 Å². The predicted molar refractivity (Wildman–Crippen MR) is 102 cm³/mol. The molecule has 1 atom stereocenters. The number of nitrogens with one attached hydrogen (secondary N) is 2. The quantitative estimate of drug-likeness (QED) is 0.546. The third kappa shape index (κ3) is 3.51. The number of amides is 1. The molecule has 2 aromatic heterocycles. The third-order valence-electron chi connectivity index (χ3n) is 4.62. The van der Waals surface area contributed by atoms with Crippen LogP contribution in [0.15, 0.2) is 60.9 Å². The summed E-state index contributed by atoms with van der Waals surface area (Å²) in [7, 11) is 0. The summed E-state index contributed by atoms with van der Waals surface area (Å²) in [6.45, 7) is 2.47. The first kappa shape index (κ1) is 17.9. The highest BCUT2D eigenvalue weighted by molar-refractivity contribution is 5.98. The average molecular weight is 380 g/mol. The maximum Gasteiger partial charge on any atom is 0.268 e. The molecular formula is C21H18F2N4O. The summed E-state index contributed by atoms with van der Waals surface area (Å²) in [6, 6.07) is 13.4. The number of benzene rings is 2. The molecule has 4 rings (SSSR count). The predicted octanol–water partition coefficient (Wildman–Crippen LogP) is 4.18. The molecule has 0 aliphatic rings. The van der Waals surface area contributed by atoms with Gasteiger partial charge in [-0.1, -0.05) is 30.3 Å². The molecule has 4 aromatic rings. The van der Waals surface area contributed by atoms with Crippen molar-refractivity contribution in [3.63, 3.8) is 0 Å². The zero-order chi connectivity index (χ0) is 19.7. The molecule has 1 amide bonds. The number of carbonyl (C=O) groups excluding carboxylic acids is 1. The van der Waals surface area contributed by atoms with Crippen molar-refractivity contribution in [1.82, 2.24) is 20.1 Å². The standard InChI is InChI=1S/C21H18F2N4O/c1-13(15-10-24-27(12-15)11-14-5-3-2-4-6-14)25-21(28)19-9-16-18(26-19)8-7-17(22)20(16)23/h2-10,12-13,26H,11H2,1H3,(H,25,28). The summed E-state index contributed by atoms with van der Waals surface area (Å²) in [5.74, 6) is -2.32. The Balaban J connectivity index is 1.47.